The van der Waals surface area contributed by atoms with Crippen LogP contribution in [0.15, 0.2) is 69.6 Å². The number of aromatic nitrogens is 1. The molecule has 7 nitrogen and oxygen atoms in total. The summed E-state index contributed by atoms with van der Waals surface area (Å²) in [5.74, 6) is 0.669. The van der Waals surface area contributed by atoms with E-state index < -0.39 is 12.0 Å². The summed E-state index contributed by atoms with van der Waals surface area (Å²) in [6.45, 7) is 1.76. The van der Waals surface area contributed by atoms with Crippen LogP contribution in [-0.4, -0.2) is 31.9 Å². The second kappa shape index (κ2) is 8.84. The van der Waals surface area contributed by atoms with Crippen LogP contribution in [0.5, 0.6) is 11.5 Å². The van der Waals surface area contributed by atoms with Crippen LogP contribution >= 0.6 is 11.3 Å². The van der Waals surface area contributed by atoms with Gasteiger partial charge in [0.05, 0.1) is 43.2 Å². The second-order valence-corrected chi connectivity index (χ2v) is 8.11. The zero-order valence-corrected chi connectivity index (χ0v) is 18.9. The van der Waals surface area contributed by atoms with E-state index in [4.69, 9.17) is 14.2 Å². The van der Waals surface area contributed by atoms with Gasteiger partial charge in [0.25, 0.3) is 5.56 Å². The first kappa shape index (κ1) is 21.6. The highest BCUT2D eigenvalue weighted by atomic mass is 32.1. The van der Waals surface area contributed by atoms with Crippen molar-refractivity contribution in [3.05, 3.63) is 90.6 Å². The SMILES string of the molecule is COC(=O)C1=C(C)N=c2s/c(=C\c3ccc(OC)c(OC)c3)c(=O)n2[C@@H]1c1ccccc1. The normalized spacial score (nSPS) is 15.8. The summed E-state index contributed by atoms with van der Waals surface area (Å²) in [5.41, 5.74) is 2.24. The van der Waals surface area contributed by atoms with E-state index in [0.717, 1.165) is 11.1 Å². The van der Waals surface area contributed by atoms with Crippen molar-refractivity contribution in [1.29, 1.82) is 0 Å². The van der Waals surface area contributed by atoms with Crippen LogP contribution in [0.2, 0.25) is 0 Å². The molecule has 2 heterocycles. The first-order valence-electron chi connectivity index (χ1n) is 9.86. The molecule has 0 unspecified atom stereocenters. The molecule has 4 rings (SSSR count). The van der Waals surface area contributed by atoms with Crippen molar-refractivity contribution < 1.29 is 19.0 Å². The number of fused-ring (bicyclic) bond motifs is 1. The van der Waals surface area contributed by atoms with Crippen molar-refractivity contribution in [3.8, 4) is 11.5 Å². The number of ether oxygens (including phenoxy) is 3. The van der Waals surface area contributed by atoms with Crippen molar-refractivity contribution >= 4 is 23.4 Å². The Hall–Kier alpha value is -3.65. The minimum Gasteiger partial charge on any atom is -0.493 e. The van der Waals surface area contributed by atoms with E-state index in [9.17, 15) is 9.59 Å². The number of benzene rings is 2. The van der Waals surface area contributed by atoms with Crippen molar-refractivity contribution in [2.24, 2.45) is 4.99 Å². The summed E-state index contributed by atoms with van der Waals surface area (Å²) in [6, 6.07) is 14.2. The number of nitrogens with zero attached hydrogens (tertiary/aromatic N) is 2. The van der Waals surface area contributed by atoms with E-state index in [0.29, 0.717) is 32.1 Å². The lowest BCUT2D eigenvalue weighted by Crippen LogP contribution is -2.39. The first-order chi connectivity index (χ1) is 15.5. The van der Waals surface area contributed by atoms with Gasteiger partial charge in [0.2, 0.25) is 0 Å². The van der Waals surface area contributed by atoms with Gasteiger partial charge < -0.3 is 14.2 Å². The topological polar surface area (TPSA) is 79.1 Å². The molecule has 32 heavy (non-hydrogen) atoms. The minimum absolute atomic E-state index is 0.230. The smallest absolute Gasteiger partial charge is 0.338 e. The molecule has 0 N–H and O–H groups in total. The maximum atomic E-state index is 13.5. The maximum Gasteiger partial charge on any atom is 0.338 e. The van der Waals surface area contributed by atoms with Crippen LogP contribution in [0.1, 0.15) is 24.1 Å². The summed E-state index contributed by atoms with van der Waals surface area (Å²) in [6.07, 6.45) is 1.78. The summed E-state index contributed by atoms with van der Waals surface area (Å²) < 4.78 is 17.7. The summed E-state index contributed by atoms with van der Waals surface area (Å²) >= 11 is 1.27. The van der Waals surface area contributed by atoms with E-state index >= 15 is 0 Å². The summed E-state index contributed by atoms with van der Waals surface area (Å²) in [4.78, 5) is 31.2. The average molecular weight is 451 g/mol. The fourth-order valence-electron chi connectivity index (χ4n) is 3.74. The molecule has 8 heteroatoms. The molecule has 1 atom stereocenters. The summed E-state index contributed by atoms with van der Waals surface area (Å²) in [7, 11) is 4.46. The van der Waals surface area contributed by atoms with E-state index in [1.165, 1.54) is 18.4 Å². The monoisotopic (exact) mass is 450 g/mol. The van der Waals surface area contributed by atoms with Gasteiger partial charge in [-0.05, 0) is 36.3 Å². The Labute approximate surface area is 188 Å². The van der Waals surface area contributed by atoms with Gasteiger partial charge in [-0.2, -0.15) is 0 Å². The standard InChI is InChI=1S/C24H22N2O5S/c1-14-20(23(28)31-4)21(16-8-6-5-7-9-16)26-22(27)19(32-24(26)25-14)13-15-10-11-17(29-2)18(12-15)30-3/h5-13,21H,1-4H3/b19-13-/t21-/m1/s1. The van der Waals surface area contributed by atoms with Crippen LogP contribution in [0.25, 0.3) is 6.08 Å². The Kier molecular flexibility index (Phi) is 5.96. The highest BCUT2D eigenvalue weighted by Crippen LogP contribution is 2.30. The molecule has 0 amide bonds. The fourth-order valence-corrected chi connectivity index (χ4v) is 4.78. The lowest BCUT2D eigenvalue weighted by molar-refractivity contribution is -0.136. The second-order valence-electron chi connectivity index (χ2n) is 7.10. The third-order valence-electron chi connectivity index (χ3n) is 5.25. The number of carbonyl (C=O) groups is 1. The predicted molar refractivity (Wildman–Crippen MR) is 122 cm³/mol. The Bertz CT molecular complexity index is 1390. The fraction of sp³-hybridized carbons (Fsp3) is 0.208. The van der Waals surface area contributed by atoms with Gasteiger partial charge in [0.15, 0.2) is 16.3 Å². The van der Waals surface area contributed by atoms with Crippen molar-refractivity contribution in [1.82, 2.24) is 4.57 Å². The number of thiazole rings is 1. The van der Waals surface area contributed by atoms with Crippen LogP contribution in [0.4, 0.5) is 0 Å². The van der Waals surface area contributed by atoms with Gasteiger partial charge >= 0.3 is 5.97 Å². The largest absolute Gasteiger partial charge is 0.493 e. The zero-order chi connectivity index (χ0) is 22.8. The number of hydrogen-bond acceptors (Lipinski definition) is 7. The maximum absolute atomic E-state index is 13.5. The molecule has 164 valence electrons. The average Bonchev–Trinajstić information content (AvgIpc) is 3.12. The number of methoxy groups -OCH3 is 3. The van der Waals surface area contributed by atoms with Gasteiger partial charge in [-0.25, -0.2) is 9.79 Å². The molecule has 0 spiro atoms. The molecule has 0 fully saturated rings. The van der Waals surface area contributed by atoms with Crippen molar-refractivity contribution in [3.63, 3.8) is 0 Å². The highest BCUT2D eigenvalue weighted by molar-refractivity contribution is 7.07. The lowest BCUT2D eigenvalue weighted by atomic mass is 9.96. The third-order valence-corrected chi connectivity index (χ3v) is 6.23. The Morgan fingerprint density at radius 2 is 1.78 bits per heavy atom. The van der Waals surface area contributed by atoms with Crippen LogP contribution in [0.3, 0.4) is 0 Å². The Morgan fingerprint density at radius 1 is 1.06 bits per heavy atom. The number of esters is 1. The number of rotatable bonds is 5. The molecule has 1 aromatic heterocycles. The Balaban J connectivity index is 1.93. The minimum atomic E-state index is -0.618. The van der Waals surface area contributed by atoms with Gasteiger partial charge in [-0.3, -0.25) is 9.36 Å². The molecule has 0 saturated carbocycles. The molecule has 1 aliphatic rings. The van der Waals surface area contributed by atoms with Crippen molar-refractivity contribution in [2.75, 3.05) is 21.3 Å². The molecule has 0 radical (unpaired) electrons. The number of hydrogen-bond donors (Lipinski definition) is 0. The van der Waals surface area contributed by atoms with E-state index in [2.05, 4.69) is 4.99 Å². The third kappa shape index (κ3) is 3.73. The Morgan fingerprint density at radius 3 is 2.44 bits per heavy atom. The van der Waals surface area contributed by atoms with E-state index in [1.807, 2.05) is 36.4 Å². The quantitative estimate of drug-likeness (QED) is 0.558. The molecular weight excluding hydrogens is 428 g/mol. The highest BCUT2D eigenvalue weighted by Gasteiger charge is 2.32. The van der Waals surface area contributed by atoms with Gasteiger partial charge in [-0.1, -0.05) is 47.7 Å². The molecule has 1 aliphatic heterocycles. The molecule has 0 aliphatic carbocycles. The number of allylic oxidation sites excluding steroid dienone is 1. The molecular formula is C24H22N2O5S. The van der Waals surface area contributed by atoms with Crippen LogP contribution in [-0.2, 0) is 9.53 Å². The molecule has 2 aromatic carbocycles. The van der Waals surface area contributed by atoms with E-state index in [-0.39, 0.29) is 5.56 Å². The summed E-state index contributed by atoms with van der Waals surface area (Å²) in [5, 5.41) is 0. The van der Waals surface area contributed by atoms with Crippen LogP contribution in [0, 0.1) is 0 Å². The van der Waals surface area contributed by atoms with Crippen molar-refractivity contribution in [2.45, 2.75) is 13.0 Å². The predicted octanol–water partition coefficient (Wildman–Crippen LogP) is 2.43. The molecule has 3 aromatic rings. The van der Waals surface area contributed by atoms with Gasteiger partial charge in [0, 0.05) is 0 Å². The number of carbonyl (C=O) groups excluding carboxylic acids is 1. The lowest BCUT2D eigenvalue weighted by Gasteiger charge is -2.24. The van der Waals surface area contributed by atoms with Crippen LogP contribution < -0.4 is 24.4 Å². The van der Waals surface area contributed by atoms with Gasteiger partial charge in [0.1, 0.15) is 0 Å². The first-order valence-corrected chi connectivity index (χ1v) is 10.7. The van der Waals surface area contributed by atoms with E-state index in [1.54, 1.807) is 43.9 Å². The van der Waals surface area contributed by atoms with Gasteiger partial charge in [-0.15, -0.1) is 0 Å². The molecule has 0 bridgehead atoms. The zero-order valence-electron chi connectivity index (χ0n) is 18.1. The molecule has 0 saturated heterocycles.